The van der Waals surface area contributed by atoms with Crippen LogP contribution in [0.15, 0.2) is 36.8 Å². The highest BCUT2D eigenvalue weighted by Gasteiger charge is 2.58. The lowest BCUT2D eigenvalue weighted by molar-refractivity contribution is -0.153. The molecule has 328 valence electrons. The summed E-state index contributed by atoms with van der Waals surface area (Å²) in [4.78, 5) is 48.1. The van der Waals surface area contributed by atoms with E-state index >= 15 is 4.79 Å². The highest BCUT2D eigenvalue weighted by atomic mass is 16.5. The second-order valence-corrected chi connectivity index (χ2v) is 16.9. The van der Waals surface area contributed by atoms with Gasteiger partial charge in [0.25, 0.3) is 0 Å². The van der Waals surface area contributed by atoms with Gasteiger partial charge in [0.1, 0.15) is 12.1 Å². The van der Waals surface area contributed by atoms with Crippen LogP contribution >= 0.6 is 0 Å². The van der Waals surface area contributed by atoms with Crippen molar-refractivity contribution in [1.29, 1.82) is 0 Å². The minimum atomic E-state index is -0.728. The molecule has 15 heteroatoms. The standard InChI is InChI=1S/C46H63N9O6/c1-8-16-55-44-34(28-50-55)43(48-29-49-44)52-19-21-53(22-20-52)45(57)32-10-14-46(35-27-40(61-7)38(59-5)25-31(35)13-18-54(46)41(56)11-15-47-3)36(23-32)42-33-26-39(60-6)37(58-4)24-30(33)12-17-51(42)9-2/h24-29,32,36,42,47H,8-23H2,1-7H3. The van der Waals surface area contributed by atoms with Gasteiger partial charge in [-0.25, -0.2) is 14.6 Å². The molecule has 2 amide bonds. The van der Waals surface area contributed by atoms with E-state index < -0.39 is 5.54 Å². The van der Waals surface area contributed by atoms with Gasteiger partial charge in [-0.1, -0.05) is 13.8 Å². The maximum absolute atomic E-state index is 15.0. The van der Waals surface area contributed by atoms with E-state index in [9.17, 15) is 4.79 Å². The number of hydrogen-bond donors (Lipinski definition) is 1. The number of likely N-dealkylation sites (N-methyl/N-ethyl adjacent to an activating group) is 1. The third-order valence-electron chi connectivity index (χ3n) is 14.0. The van der Waals surface area contributed by atoms with Crippen molar-refractivity contribution in [2.24, 2.45) is 11.8 Å². The van der Waals surface area contributed by atoms with Crippen LogP contribution in [0.25, 0.3) is 11.0 Å². The number of ether oxygens (including phenoxy) is 4. The number of anilines is 1. The van der Waals surface area contributed by atoms with Gasteiger partial charge in [0, 0.05) is 76.7 Å². The Labute approximate surface area is 359 Å². The van der Waals surface area contributed by atoms with Crippen LogP contribution in [0.1, 0.15) is 74.2 Å². The van der Waals surface area contributed by atoms with E-state index in [1.165, 1.54) is 11.1 Å². The van der Waals surface area contributed by atoms with Gasteiger partial charge in [-0.2, -0.15) is 5.10 Å². The molecule has 2 aromatic heterocycles. The lowest BCUT2D eigenvalue weighted by Gasteiger charge is -2.59. The summed E-state index contributed by atoms with van der Waals surface area (Å²) in [5, 5.41) is 8.75. The zero-order valence-electron chi connectivity index (χ0n) is 37.0. The molecule has 8 rings (SSSR count). The molecule has 1 aliphatic carbocycles. The van der Waals surface area contributed by atoms with Crippen LogP contribution in [0.2, 0.25) is 0 Å². The molecular weight excluding hydrogens is 775 g/mol. The first-order valence-corrected chi connectivity index (χ1v) is 22.1. The van der Waals surface area contributed by atoms with Gasteiger partial charge in [0.2, 0.25) is 11.8 Å². The molecule has 4 aliphatic rings. The number of piperazine rings is 1. The Morgan fingerprint density at radius 2 is 1.54 bits per heavy atom. The highest BCUT2D eigenvalue weighted by Crippen LogP contribution is 2.59. The largest absolute Gasteiger partial charge is 0.493 e. The molecule has 4 aromatic rings. The summed E-state index contributed by atoms with van der Waals surface area (Å²) >= 11 is 0. The number of nitrogens with one attached hydrogen (secondary N) is 1. The van der Waals surface area contributed by atoms with Crippen LogP contribution in [-0.2, 0) is 34.5 Å². The van der Waals surface area contributed by atoms with Crippen molar-refractivity contribution in [2.75, 3.05) is 92.7 Å². The fourth-order valence-corrected chi connectivity index (χ4v) is 11.1. The Balaban J connectivity index is 1.20. The van der Waals surface area contributed by atoms with E-state index in [1.807, 2.05) is 17.9 Å². The molecule has 2 aromatic carbocycles. The zero-order chi connectivity index (χ0) is 42.8. The van der Waals surface area contributed by atoms with Crippen LogP contribution in [0, 0.1) is 11.8 Å². The fourth-order valence-electron chi connectivity index (χ4n) is 11.1. The Kier molecular flexibility index (Phi) is 12.6. The number of carbonyl (C=O) groups excluding carboxylic acids is 2. The highest BCUT2D eigenvalue weighted by molar-refractivity contribution is 5.87. The van der Waals surface area contributed by atoms with Crippen LogP contribution in [0.3, 0.4) is 0 Å². The van der Waals surface area contributed by atoms with Crippen LogP contribution in [-0.4, -0.2) is 134 Å². The lowest BCUT2D eigenvalue weighted by atomic mass is 9.58. The van der Waals surface area contributed by atoms with Crippen molar-refractivity contribution in [3.05, 3.63) is 59.0 Å². The van der Waals surface area contributed by atoms with E-state index in [1.54, 1.807) is 34.8 Å². The molecule has 2 fully saturated rings. The Bertz CT molecular complexity index is 2220. The number of aryl methyl sites for hydroxylation is 1. The monoisotopic (exact) mass is 837 g/mol. The van der Waals surface area contributed by atoms with E-state index in [0.717, 1.165) is 60.5 Å². The molecule has 61 heavy (non-hydrogen) atoms. The number of benzene rings is 2. The number of carbonyl (C=O) groups is 2. The number of rotatable bonds is 13. The summed E-state index contributed by atoms with van der Waals surface area (Å²) in [5.41, 5.74) is 4.75. The number of aromatic nitrogens is 4. The molecule has 4 unspecified atom stereocenters. The SMILES string of the molecule is CCCn1ncc2c(N3CCN(C(=O)C4CCC5(c6cc(OC)c(OC)cc6CCN5C(=O)CCNC)C(C5c6cc(OC)c(OC)cc6CCN5CC)C4)CC3)ncnc21. The molecule has 0 radical (unpaired) electrons. The summed E-state index contributed by atoms with van der Waals surface area (Å²) in [6, 6.07) is 8.41. The third kappa shape index (κ3) is 7.51. The lowest BCUT2D eigenvalue weighted by Crippen LogP contribution is -2.63. The molecule has 1 spiro atoms. The van der Waals surface area contributed by atoms with Gasteiger partial charge in [-0.15, -0.1) is 0 Å². The fraction of sp³-hybridized carbons (Fsp3) is 0.587. The second kappa shape index (κ2) is 18.1. The zero-order valence-corrected chi connectivity index (χ0v) is 37.0. The van der Waals surface area contributed by atoms with Crippen LogP contribution in [0.4, 0.5) is 5.82 Å². The first-order valence-electron chi connectivity index (χ1n) is 22.1. The van der Waals surface area contributed by atoms with Crippen molar-refractivity contribution in [1.82, 2.24) is 39.8 Å². The number of methoxy groups -OCH3 is 4. The van der Waals surface area contributed by atoms with Gasteiger partial charge in [-0.3, -0.25) is 14.5 Å². The molecule has 0 bridgehead atoms. The number of amides is 2. The maximum atomic E-state index is 15.0. The summed E-state index contributed by atoms with van der Waals surface area (Å²) in [7, 11) is 8.60. The summed E-state index contributed by atoms with van der Waals surface area (Å²) in [6.07, 6.45) is 8.29. The Morgan fingerprint density at radius 1 is 0.852 bits per heavy atom. The molecule has 1 saturated carbocycles. The van der Waals surface area contributed by atoms with E-state index in [4.69, 9.17) is 23.9 Å². The predicted molar refractivity (Wildman–Crippen MR) is 234 cm³/mol. The van der Waals surface area contributed by atoms with Crippen molar-refractivity contribution in [3.8, 4) is 23.0 Å². The van der Waals surface area contributed by atoms with Gasteiger partial charge >= 0.3 is 0 Å². The smallest absolute Gasteiger partial charge is 0.225 e. The van der Waals surface area contributed by atoms with E-state index in [2.05, 4.69) is 73.1 Å². The maximum Gasteiger partial charge on any atom is 0.225 e. The number of fused-ring (bicyclic) bond motifs is 4. The molecule has 5 heterocycles. The van der Waals surface area contributed by atoms with E-state index in [0.29, 0.717) is 94.4 Å². The van der Waals surface area contributed by atoms with Gasteiger partial charge < -0.3 is 39.0 Å². The average molecular weight is 838 g/mol. The molecule has 1 N–H and O–H groups in total. The molecule has 4 atom stereocenters. The Morgan fingerprint density at radius 3 is 2.23 bits per heavy atom. The molecule has 15 nitrogen and oxygen atoms in total. The topological polar surface area (TPSA) is 140 Å². The summed E-state index contributed by atoms with van der Waals surface area (Å²) in [6.45, 7) is 10.5. The van der Waals surface area contributed by atoms with Crippen molar-refractivity contribution < 1.29 is 28.5 Å². The minimum absolute atomic E-state index is 0.117. The molecule has 1 saturated heterocycles. The first-order chi connectivity index (χ1) is 29.7. The van der Waals surface area contributed by atoms with Crippen molar-refractivity contribution in [3.63, 3.8) is 0 Å². The first kappa shape index (κ1) is 42.5. The van der Waals surface area contributed by atoms with E-state index in [-0.39, 0.29) is 29.7 Å². The van der Waals surface area contributed by atoms with Gasteiger partial charge in [0.15, 0.2) is 28.6 Å². The third-order valence-corrected chi connectivity index (χ3v) is 14.0. The number of nitrogens with zero attached hydrogens (tertiary/aromatic N) is 8. The summed E-state index contributed by atoms with van der Waals surface area (Å²) in [5.74, 6) is 3.49. The van der Waals surface area contributed by atoms with Crippen molar-refractivity contribution in [2.45, 2.75) is 76.9 Å². The van der Waals surface area contributed by atoms with Crippen LogP contribution in [0.5, 0.6) is 23.0 Å². The van der Waals surface area contributed by atoms with Crippen molar-refractivity contribution >= 4 is 28.7 Å². The van der Waals surface area contributed by atoms with Gasteiger partial charge in [0.05, 0.1) is 45.6 Å². The summed E-state index contributed by atoms with van der Waals surface area (Å²) < 4.78 is 25.6. The van der Waals surface area contributed by atoms with Crippen LogP contribution < -0.4 is 29.2 Å². The predicted octanol–water partition coefficient (Wildman–Crippen LogP) is 4.84. The average Bonchev–Trinajstić information content (AvgIpc) is 3.72. The molecular formula is C46H63N9O6. The number of hydrogen-bond acceptors (Lipinski definition) is 12. The Hall–Kier alpha value is -5.15. The van der Waals surface area contributed by atoms with Gasteiger partial charge in [-0.05, 0) is 98.6 Å². The second-order valence-electron chi connectivity index (χ2n) is 16.9. The molecule has 3 aliphatic heterocycles. The normalized spacial score (nSPS) is 22.9. The minimum Gasteiger partial charge on any atom is -0.493 e. The quantitative estimate of drug-likeness (QED) is 0.197.